The maximum Gasteiger partial charge on any atom is 0.164 e. The van der Waals surface area contributed by atoms with E-state index < -0.39 is 0 Å². The Labute approximate surface area is 144 Å². The third kappa shape index (κ3) is 4.27. The Morgan fingerprint density at radius 2 is 1.74 bits per heavy atom. The van der Waals surface area contributed by atoms with Crippen LogP contribution in [0.1, 0.15) is 27.8 Å². The van der Waals surface area contributed by atoms with Crippen molar-refractivity contribution in [2.45, 2.75) is 16.6 Å². The van der Waals surface area contributed by atoms with Gasteiger partial charge in [-0.3, -0.25) is 4.79 Å². The van der Waals surface area contributed by atoms with Gasteiger partial charge in [-0.15, -0.1) is 11.8 Å². The van der Waals surface area contributed by atoms with Crippen molar-refractivity contribution < 1.29 is 9.21 Å². The quantitative estimate of drug-likeness (QED) is 0.404. The van der Waals surface area contributed by atoms with E-state index in [4.69, 9.17) is 16.0 Å². The summed E-state index contributed by atoms with van der Waals surface area (Å²) < 4.78 is 5.53. The third-order valence-corrected chi connectivity index (χ3v) is 4.90. The molecule has 0 radical (unpaired) electrons. The van der Waals surface area contributed by atoms with Crippen molar-refractivity contribution in [3.05, 3.63) is 89.3 Å². The minimum atomic E-state index is -0.0596. The van der Waals surface area contributed by atoms with E-state index in [1.54, 1.807) is 42.3 Å². The molecule has 23 heavy (non-hydrogen) atoms. The van der Waals surface area contributed by atoms with Gasteiger partial charge in [0.25, 0.3) is 0 Å². The fraction of sp³-hybridized carbons (Fsp3) is 0.105. The standard InChI is InChI=1S/C19H15ClO2S/c20-15-10-8-14(9-11-15)17(21)13-19(18-7-4-12-22-18)23-16-5-2-1-3-6-16/h1-12,19H,13H2/t19-/m0/s1. The lowest BCUT2D eigenvalue weighted by Gasteiger charge is -2.14. The Hall–Kier alpha value is -1.97. The van der Waals surface area contributed by atoms with E-state index in [9.17, 15) is 4.79 Å². The van der Waals surface area contributed by atoms with Gasteiger partial charge in [0.1, 0.15) is 5.76 Å². The molecule has 0 aliphatic rings. The molecule has 1 atom stereocenters. The van der Waals surface area contributed by atoms with Crippen LogP contribution in [-0.2, 0) is 0 Å². The topological polar surface area (TPSA) is 30.2 Å². The summed E-state index contributed by atoms with van der Waals surface area (Å²) in [5, 5.41) is 0.568. The highest BCUT2D eigenvalue weighted by Crippen LogP contribution is 2.38. The molecule has 0 saturated heterocycles. The number of rotatable bonds is 6. The molecule has 0 bridgehead atoms. The zero-order valence-corrected chi connectivity index (χ0v) is 13.9. The molecule has 0 amide bonds. The number of furan rings is 1. The first-order valence-corrected chi connectivity index (χ1v) is 8.52. The first-order chi connectivity index (χ1) is 11.2. The molecular weight excluding hydrogens is 328 g/mol. The minimum absolute atomic E-state index is 0.0596. The average Bonchev–Trinajstić information content (AvgIpc) is 3.10. The summed E-state index contributed by atoms with van der Waals surface area (Å²) >= 11 is 7.51. The lowest BCUT2D eigenvalue weighted by atomic mass is 10.1. The number of hydrogen-bond donors (Lipinski definition) is 0. The van der Waals surface area contributed by atoms with Gasteiger partial charge < -0.3 is 4.42 Å². The molecule has 2 nitrogen and oxygen atoms in total. The van der Waals surface area contributed by atoms with Crippen LogP contribution >= 0.6 is 23.4 Å². The first-order valence-electron chi connectivity index (χ1n) is 7.26. The molecule has 0 N–H and O–H groups in total. The zero-order chi connectivity index (χ0) is 16.1. The number of ketones is 1. The number of thioether (sulfide) groups is 1. The summed E-state index contributed by atoms with van der Waals surface area (Å²) in [5.74, 6) is 0.882. The Bertz CT molecular complexity index is 752. The highest BCUT2D eigenvalue weighted by molar-refractivity contribution is 7.99. The molecule has 0 aliphatic heterocycles. The molecule has 0 unspecified atom stereocenters. The van der Waals surface area contributed by atoms with Crippen LogP contribution in [-0.4, -0.2) is 5.78 Å². The van der Waals surface area contributed by atoms with Crippen LogP contribution in [0.25, 0.3) is 0 Å². The van der Waals surface area contributed by atoms with Gasteiger partial charge >= 0.3 is 0 Å². The van der Waals surface area contributed by atoms with Crippen molar-refractivity contribution in [2.24, 2.45) is 0 Å². The zero-order valence-electron chi connectivity index (χ0n) is 12.3. The Morgan fingerprint density at radius 3 is 2.39 bits per heavy atom. The van der Waals surface area contributed by atoms with Crippen LogP contribution in [0.2, 0.25) is 5.02 Å². The second-order valence-corrected chi connectivity index (χ2v) is 6.78. The largest absolute Gasteiger partial charge is 0.468 e. The van der Waals surface area contributed by atoms with Crippen LogP contribution in [0, 0.1) is 0 Å². The van der Waals surface area contributed by atoms with E-state index >= 15 is 0 Å². The number of Topliss-reactive ketones (excluding diaryl/α,β-unsaturated/α-hetero) is 1. The van der Waals surface area contributed by atoms with Gasteiger partial charge in [-0.1, -0.05) is 29.8 Å². The molecule has 0 saturated carbocycles. The van der Waals surface area contributed by atoms with Gasteiger partial charge in [0, 0.05) is 21.9 Å². The fourth-order valence-electron chi connectivity index (χ4n) is 2.26. The SMILES string of the molecule is O=C(C[C@H](Sc1ccccc1)c1ccco1)c1ccc(Cl)cc1. The number of benzene rings is 2. The van der Waals surface area contributed by atoms with E-state index in [1.807, 2.05) is 42.5 Å². The van der Waals surface area contributed by atoms with Crippen LogP contribution in [0.5, 0.6) is 0 Å². The summed E-state index contributed by atoms with van der Waals surface area (Å²) in [6, 6.07) is 20.8. The highest BCUT2D eigenvalue weighted by Gasteiger charge is 2.21. The molecule has 0 spiro atoms. The molecule has 1 heterocycles. The molecule has 0 aliphatic carbocycles. The summed E-state index contributed by atoms with van der Waals surface area (Å²) in [6.07, 6.45) is 2.01. The van der Waals surface area contributed by atoms with Gasteiger partial charge in [0.05, 0.1) is 11.5 Å². The summed E-state index contributed by atoms with van der Waals surface area (Å²) in [7, 11) is 0. The summed E-state index contributed by atoms with van der Waals surface area (Å²) in [4.78, 5) is 13.7. The van der Waals surface area contributed by atoms with E-state index in [-0.39, 0.29) is 11.0 Å². The van der Waals surface area contributed by atoms with Crippen LogP contribution in [0.15, 0.2) is 82.3 Å². The van der Waals surface area contributed by atoms with Crippen molar-refractivity contribution >= 4 is 29.1 Å². The van der Waals surface area contributed by atoms with Crippen molar-refractivity contribution in [1.82, 2.24) is 0 Å². The van der Waals surface area contributed by atoms with Gasteiger partial charge in [-0.05, 0) is 48.5 Å². The lowest BCUT2D eigenvalue weighted by Crippen LogP contribution is -2.04. The predicted molar refractivity (Wildman–Crippen MR) is 94.1 cm³/mol. The van der Waals surface area contributed by atoms with Gasteiger partial charge in [-0.2, -0.15) is 0 Å². The molecule has 2 aromatic carbocycles. The monoisotopic (exact) mass is 342 g/mol. The average molecular weight is 343 g/mol. The Morgan fingerprint density at radius 1 is 1.00 bits per heavy atom. The number of hydrogen-bond acceptors (Lipinski definition) is 3. The van der Waals surface area contributed by atoms with E-state index in [1.165, 1.54) is 0 Å². The smallest absolute Gasteiger partial charge is 0.164 e. The molecule has 3 rings (SSSR count). The maximum atomic E-state index is 12.6. The maximum absolute atomic E-state index is 12.6. The first kappa shape index (κ1) is 15.9. The van der Waals surface area contributed by atoms with Crippen molar-refractivity contribution in [3.8, 4) is 0 Å². The van der Waals surface area contributed by atoms with Gasteiger partial charge in [0.15, 0.2) is 5.78 Å². The number of halogens is 1. The van der Waals surface area contributed by atoms with E-state index in [2.05, 4.69) is 0 Å². The molecule has 1 aromatic heterocycles. The normalized spacial score (nSPS) is 12.0. The van der Waals surface area contributed by atoms with E-state index in [0.29, 0.717) is 17.0 Å². The lowest BCUT2D eigenvalue weighted by molar-refractivity contribution is 0.0980. The molecule has 0 fully saturated rings. The van der Waals surface area contributed by atoms with Crippen LogP contribution < -0.4 is 0 Å². The Balaban J connectivity index is 1.78. The minimum Gasteiger partial charge on any atom is -0.468 e. The summed E-state index contributed by atoms with van der Waals surface area (Å²) in [5.41, 5.74) is 0.666. The van der Waals surface area contributed by atoms with Crippen molar-refractivity contribution in [3.63, 3.8) is 0 Å². The molecule has 3 aromatic rings. The second kappa shape index (κ2) is 7.53. The number of carbonyl (C=O) groups excluding carboxylic acids is 1. The number of carbonyl (C=O) groups is 1. The van der Waals surface area contributed by atoms with Crippen molar-refractivity contribution in [1.29, 1.82) is 0 Å². The van der Waals surface area contributed by atoms with Gasteiger partial charge in [-0.25, -0.2) is 0 Å². The Kier molecular flexibility index (Phi) is 5.21. The van der Waals surface area contributed by atoms with Crippen molar-refractivity contribution in [2.75, 3.05) is 0 Å². The van der Waals surface area contributed by atoms with Crippen LogP contribution in [0.3, 0.4) is 0 Å². The predicted octanol–water partition coefficient (Wildman–Crippen LogP) is 6.04. The third-order valence-electron chi connectivity index (χ3n) is 3.42. The van der Waals surface area contributed by atoms with Crippen LogP contribution in [0.4, 0.5) is 0 Å². The molecular formula is C19H15ClO2S. The van der Waals surface area contributed by atoms with E-state index in [0.717, 1.165) is 10.7 Å². The summed E-state index contributed by atoms with van der Waals surface area (Å²) in [6.45, 7) is 0. The highest BCUT2D eigenvalue weighted by atomic mass is 35.5. The fourth-order valence-corrected chi connectivity index (χ4v) is 3.51. The van der Waals surface area contributed by atoms with Gasteiger partial charge in [0.2, 0.25) is 0 Å². The molecule has 4 heteroatoms. The molecule has 116 valence electrons. The second-order valence-electron chi connectivity index (χ2n) is 5.07.